The van der Waals surface area contributed by atoms with Crippen LogP contribution in [0.4, 0.5) is 0 Å². The van der Waals surface area contributed by atoms with E-state index in [0.29, 0.717) is 19.0 Å². The van der Waals surface area contributed by atoms with Gasteiger partial charge in [0.1, 0.15) is 24.1 Å². The van der Waals surface area contributed by atoms with Gasteiger partial charge in [-0.2, -0.15) is 0 Å². The van der Waals surface area contributed by atoms with Gasteiger partial charge in [0, 0.05) is 19.2 Å². The molecule has 3 heterocycles. The number of carbonyl (C=O) groups is 1. The van der Waals surface area contributed by atoms with Crippen LogP contribution in [-0.2, 0) is 16.1 Å². The highest BCUT2D eigenvalue weighted by Crippen LogP contribution is 2.36. The molecule has 7 heteroatoms. The van der Waals surface area contributed by atoms with Crippen LogP contribution in [0.25, 0.3) is 0 Å². The number of rotatable bonds is 3. The fourth-order valence-electron chi connectivity index (χ4n) is 2.42. The van der Waals surface area contributed by atoms with Gasteiger partial charge in [-0.25, -0.2) is 9.97 Å². The minimum Gasteiger partial charge on any atom is -0.486 e. The third kappa shape index (κ3) is 2.51. The summed E-state index contributed by atoms with van der Waals surface area (Å²) >= 11 is 1.61. The summed E-state index contributed by atoms with van der Waals surface area (Å²) in [6.45, 7) is 1.16. The summed E-state index contributed by atoms with van der Waals surface area (Å²) in [4.78, 5) is 23.6. The van der Waals surface area contributed by atoms with E-state index in [4.69, 9.17) is 4.74 Å². The quantitative estimate of drug-likeness (QED) is 0.886. The lowest BCUT2D eigenvalue weighted by Crippen LogP contribution is -2.44. The van der Waals surface area contributed by atoms with Gasteiger partial charge in [-0.1, -0.05) is 11.8 Å². The summed E-state index contributed by atoms with van der Waals surface area (Å²) in [6.07, 6.45) is 3.96. The van der Waals surface area contributed by atoms with Gasteiger partial charge in [-0.05, 0) is 13.1 Å². The predicted octanol–water partition coefficient (Wildman–Crippen LogP) is 0.729. The molecule has 1 atom stereocenters. The zero-order valence-corrected chi connectivity index (χ0v) is 12.0. The van der Waals surface area contributed by atoms with Crippen molar-refractivity contribution in [2.75, 3.05) is 19.5 Å². The Morgan fingerprint density at radius 3 is 3.25 bits per heavy atom. The molecule has 1 amide bonds. The topological polar surface area (TPSA) is 67.4 Å². The molecular weight excluding hydrogens is 276 g/mol. The Balaban J connectivity index is 1.80. The van der Waals surface area contributed by atoms with Crippen molar-refractivity contribution in [3.8, 4) is 0 Å². The summed E-state index contributed by atoms with van der Waals surface area (Å²) in [5.41, 5.74) is 0.846. The maximum atomic E-state index is 12.6. The SMILES string of the molecule is CNC1C(=O)N(Cc2ccncn2)CCC2=C1SCO2. The van der Waals surface area contributed by atoms with Crippen molar-refractivity contribution in [1.82, 2.24) is 20.2 Å². The van der Waals surface area contributed by atoms with Crippen molar-refractivity contribution >= 4 is 17.7 Å². The number of carbonyl (C=O) groups excluding carboxylic acids is 1. The molecule has 0 saturated carbocycles. The summed E-state index contributed by atoms with van der Waals surface area (Å²) in [7, 11) is 1.81. The van der Waals surface area contributed by atoms with E-state index in [9.17, 15) is 4.79 Å². The highest BCUT2D eigenvalue weighted by Gasteiger charge is 2.35. The number of amides is 1. The Bertz CT molecular complexity index is 534. The average Bonchev–Trinajstić information content (AvgIpc) is 2.89. The molecule has 0 fully saturated rings. The first kappa shape index (κ1) is 13.4. The molecule has 1 aromatic heterocycles. The summed E-state index contributed by atoms with van der Waals surface area (Å²) in [6, 6.07) is 1.53. The van der Waals surface area contributed by atoms with E-state index in [1.54, 1.807) is 25.0 Å². The van der Waals surface area contributed by atoms with Crippen LogP contribution >= 0.6 is 11.8 Å². The Hall–Kier alpha value is -1.60. The zero-order valence-electron chi connectivity index (χ0n) is 11.2. The smallest absolute Gasteiger partial charge is 0.245 e. The second-order valence-electron chi connectivity index (χ2n) is 4.63. The molecule has 3 rings (SSSR count). The van der Waals surface area contributed by atoms with Gasteiger partial charge in [0.15, 0.2) is 0 Å². The molecule has 0 bridgehead atoms. The minimum absolute atomic E-state index is 0.0779. The Kier molecular flexibility index (Phi) is 3.88. The summed E-state index contributed by atoms with van der Waals surface area (Å²) < 4.78 is 5.61. The van der Waals surface area contributed by atoms with Gasteiger partial charge in [-0.15, -0.1) is 0 Å². The first-order valence-electron chi connectivity index (χ1n) is 6.49. The molecule has 106 valence electrons. The predicted molar refractivity (Wildman–Crippen MR) is 75.5 cm³/mol. The molecule has 2 aliphatic heterocycles. The van der Waals surface area contributed by atoms with Crippen LogP contribution in [0.15, 0.2) is 29.3 Å². The van der Waals surface area contributed by atoms with E-state index in [1.165, 1.54) is 6.33 Å². The molecule has 0 saturated heterocycles. The molecule has 1 N–H and O–H groups in total. The molecule has 0 aromatic carbocycles. The molecule has 0 aliphatic carbocycles. The van der Waals surface area contributed by atoms with Crippen molar-refractivity contribution in [3.05, 3.63) is 34.9 Å². The van der Waals surface area contributed by atoms with E-state index in [2.05, 4.69) is 15.3 Å². The van der Waals surface area contributed by atoms with Gasteiger partial charge in [0.2, 0.25) is 5.91 Å². The van der Waals surface area contributed by atoms with Gasteiger partial charge in [0.05, 0.1) is 17.1 Å². The van der Waals surface area contributed by atoms with Crippen LogP contribution in [0, 0.1) is 0 Å². The van der Waals surface area contributed by atoms with Crippen molar-refractivity contribution in [1.29, 1.82) is 0 Å². The maximum Gasteiger partial charge on any atom is 0.245 e. The number of nitrogens with zero attached hydrogens (tertiary/aromatic N) is 3. The van der Waals surface area contributed by atoms with E-state index in [0.717, 1.165) is 22.8 Å². The van der Waals surface area contributed by atoms with Crippen LogP contribution in [-0.4, -0.2) is 46.3 Å². The first-order chi connectivity index (χ1) is 9.79. The Morgan fingerprint density at radius 2 is 2.50 bits per heavy atom. The molecule has 1 unspecified atom stereocenters. The van der Waals surface area contributed by atoms with E-state index >= 15 is 0 Å². The van der Waals surface area contributed by atoms with Crippen LogP contribution in [0.3, 0.4) is 0 Å². The van der Waals surface area contributed by atoms with Gasteiger partial charge >= 0.3 is 0 Å². The number of aromatic nitrogens is 2. The van der Waals surface area contributed by atoms with E-state index < -0.39 is 0 Å². The summed E-state index contributed by atoms with van der Waals surface area (Å²) in [5.74, 6) is 1.64. The molecule has 0 radical (unpaired) electrons. The number of hydrogen-bond acceptors (Lipinski definition) is 6. The fraction of sp³-hybridized carbons (Fsp3) is 0.462. The van der Waals surface area contributed by atoms with Crippen molar-refractivity contribution < 1.29 is 9.53 Å². The molecular formula is C13H16N4O2S. The van der Waals surface area contributed by atoms with Crippen molar-refractivity contribution in [3.63, 3.8) is 0 Å². The maximum absolute atomic E-state index is 12.6. The Labute approximate surface area is 121 Å². The monoisotopic (exact) mass is 292 g/mol. The standard InChI is InChI=1S/C13H16N4O2S/c1-14-11-12-10(19-8-20-12)3-5-17(13(11)18)6-9-2-4-15-7-16-9/h2,4,7,11,14H,3,5-6,8H2,1H3. The highest BCUT2D eigenvalue weighted by molar-refractivity contribution is 8.03. The Morgan fingerprint density at radius 1 is 1.60 bits per heavy atom. The number of ether oxygens (including phenoxy) is 1. The van der Waals surface area contributed by atoms with E-state index in [1.807, 2.05) is 11.0 Å². The van der Waals surface area contributed by atoms with Crippen molar-refractivity contribution in [2.45, 2.75) is 19.0 Å². The largest absolute Gasteiger partial charge is 0.486 e. The number of thioether (sulfide) groups is 1. The number of nitrogens with one attached hydrogen (secondary N) is 1. The molecule has 6 nitrogen and oxygen atoms in total. The molecule has 1 aromatic rings. The number of likely N-dealkylation sites (N-methyl/N-ethyl adjacent to an activating group) is 1. The normalized spacial score (nSPS) is 22.6. The molecule has 0 spiro atoms. The second kappa shape index (κ2) is 5.80. The van der Waals surface area contributed by atoms with Gasteiger partial charge < -0.3 is 15.0 Å². The lowest BCUT2D eigenvalue weighted by molar-refractivity contribution is -0.132. The van der Waals surface area contributed by atoms with Crippen LogP contribution in [0.5, 0.6) is 0 Å². The van der Waals surface area contributed by atoms with Crippen molar-refractivity contribution in [2.24, 2.45) is 0 Å². The molecule has 2 aliphatic rings. The highest BCUT2D eigenvalue weighted by atomic mass is 32.2. The minimum atomic E-state index is -0.304. The lowest BCUT2D eigenvalue weighted by atomic mass is 10.2. The van der Waals surface area contributed by atoms with Crippen LogP contribution in [0.1, 0.15) is 12.1 Å². The van der Waals surface area contributed by atoms with Crippen LogP contribution in [0.2, 0.25) is 0 Å². The van der Waals surface area contributed by atoms with Gasteiger partial charge in [0.25, 0.3) is 0 Å². The average molecular weight is 292 g/mol. The van der Waals surface area contributed by atoms with E-state index in [-0.39, 0.29) is 11.9 Å². The third-order valence-corrected chi connectivity index (χ3v) is 4.45. The molecule has 20 heavy (non-hydrogen) atoms. The second-order valence-corrected chi connectivity index (χ2v) is 5.59. The fourth-order valence-corrected chi connectivity index (χ4v) is 3.45. The summed E-state index contributed by atoms with van der Waals surface area (Å²) in [5, 5.41) is 3.10. The zero-order chi connectivity index (χ0) is 13.9. The first-order valence-corrected chi connectivity index (χ1v) is 7.47. The van der Waals surface area contributed by atoms with Crippen LogP contribution < -0.4 is 5.32 Å². The third-order valence-electron chi connectivity index (χ3n) is 3.44. The number of hydrogen-bond donors (Lipinski definition) is 1. The van der Waals surface area contributed by atoms with Gasteiger partial charge in [-0.3, -0.25) is 4.79 Å². The lowest BCUT2D eigenvalue weighted by Gasteiger charge is -2.24.